The number of likely N-dealkylation sites (N-methyl/N-ethyl adjacent to an activating group) is 1. The van der Waals surface area contributed by atoms with Crippen molar-refractivity contribution in [2.24, 2.45) is 0 Å². The topological polar surface area (TPSA) is 104 Å². The largest absolute Gasteiger partial charge is 0.485 e. The van der Waals surface area contributed by atoms with Crippen LogP contribution in [0.5, 0.6) is 5.75 Å². The Bertz CT molecular complexity index is 1100. The molecule has 0 saturated carbocycles. The number of hydrogen-bond acceptors (Lipinski definition) is 5. The van der Waals surface area contributed by atoms with Crippen LogP contribution in [0.2, 0.25) is 0 Å². The molecule has 0 bridgehead atoms. The third-order valence-electron chi connectivity index (χ3n) is 4.67. The highest BCUT2D eigenvalue weighted by molar-refractivity contribution is 5.97. The fourth-order valence-electron chi connectivity index (χ4n) is 3.02. The SMILES string of the molecule is Cc1nc2c(OCc3c(F)cccc3F)cccn2c1C(=O)N(C)[C@@H](CO)C(=O)O. The number of aliphatic hydroxyl groups is 1. The number of ether oxygens (including phenoxy) is 1. The van der Waals surface area contributed by atoms with Crippen molar-refractivity contribution < 1.29 is 33.3 Å². The number of aliphatic carboxylic acids is 1. The molecule has 1 amide bonds. The molecule has 158 valence electrons. The summed E-state index contributed by atoms with van der Waals surface area (Å²) in [5, 5.41) is 18.5. The average molecular weight is 419 g/mol. The number of carbonyl (C=O) groups excluding carboxylic acids is 1. The maximum atomic E-state index is 13.8. The Kier molecular flexibility index (Phi) is 5.97. The summed E-state index contributed by atoms with van der Waals surface area (Å²) in [5.74, 6) is -3.33. The monoisotopic (exact) mass is 419 g/mol. The maximum absolute atomic E-state index is 13.8. The molecule has 10 heteroatoms. The van der Waals surface area contributed by atoms with Gasteiger partial charge in [0.15, 0.2) is 17.4 Å². The molecule has 1 atom stereocenters. The van der Waals surface area contributed by atoms with E-state index in [2.05, 4.69) is 4.98 Å². The molecule has 0 aliphatic heterocycles. The van der Waals surface area contributed by atoms with E-state index < -0.39 is 42.8 Å². The molecule has 0 fully saturated rings. The van der Waals surface area contributed by atoms with Crippen LogP contribution in [0.1, 0.15) is 21.7 Å². The molecule has 3 rings (SSSR count). The minimum Gasteiger partial charge on any atom is -0.485 e. The van der Waals surface area contributed by atoms with Gasteiger partial charge in [-0.3, -0.25) is 9.20 Å². The zero-order chi connectivity index (χ0) is 22.0. The van der Waals surface area contributed by atoms with Crippen LogP contribution in [-0.2, 0) is 11.4 Å². The lowest BCUT2D eigenvalue weighted by molar-refractivity contribution is -0.143. The number of nitrogens with zero attached hydrogens (tertiary/aromatic N) is 3. The number of fused-ring (bicyclic) bond motifs is 1. The van der Waals surface area contributed by atoms with Crippen LogP contribution in [0.3, 0.4) is 0 Å². The number of aryl methyl sites for hydroxylation is 1. The van der Waals surface area contributed by atoms with Gasteiger partial charge in [-0.05, 0) is 31.2 Å². The van der Waals surface area contributed by atoms with Crippen LogP contribution in [0.25, 0.3) is 5.65 Å². The molecule has 0 aliphatic rings. The molecule has 2 heterocycles. The van der Waals surface area contributed by atoms with E-state index in [9.17, 15) is 28.6 Å². The molecule has 0 aliphatic carbocycles. The first-order chi connectivity index (χ1) is 14.3. The van der Waals surface area contributed by atoms with Crippen molar-refractivity contribution in [3.8, 4) is 5.75 Å². The molecule has 0 radical (unpaired) electrons. The average Bonchev–Trinajstić information content (AvgIpc) is 3.03. The number of pyridine rings is 1. The number of aromatic nitrogens is 2. The zero-order valence-corrected chi connectivity index (χ0v) is 16.2. The zero-order valence-electron chi connectivity index (χ0n) is 16.2. The third-order valence-corrected chi connectivity index (χ3v) is 4.67. The lowest BCUT2D eigenvalue weighted by atomic mass is 10.2. The van der Waals surface area contributed by atoms with Gasteiger partial charge < -0.3 is 19.8 Å². The number of carbonyl (C=O) groups is 2. The highest BCUT2D eigenvalue weighted by Crippen LogP contribution is 2.25. The highest BCUT2D eigenvalue weighted by atomic mass is 19.1. The van der Waals surface area contributed by atoms with Crippen molar-refractivity contribution in [2.45, 2.75) is 19.6 Å². The fraction of sp³-hybridized carbons (Fsp3) is 0.250. The molecule has 0 saturated heterocycles. The molecule has 0 spiro atoms. The van der Waals surface area contributed by atoms with Gasteiger partial charge in [0.2, 0.25) is 0 Å². The molecule has 0 unspecified atom stereocenters. The Hall–Kier alpha value is -3.53. The number of imidazole rings is 1. The summed E-state index contributed by atoms with van der Waals surface area (Å²) in [6, 6.07) is 5.15. The molecule has 1 aromatic carbocycles. The second kappa shape index (κ2) is 8.46. The van der Waals surface area contributed by atoms with Crippen molar-refractivity contribution in [2.75, 3.05) is 13.7 Å². The van der Waals surface area contributed by atoms with Crippen molar-refractivity contribution >= 4 is 17.5 Å². The summed E-state index contributed by atoms with van der Waals surface area (Å²) in [6.07, 6.45) is 1.53. The standard InChI is InChI=1S/C20H19F2N3O5/c1-11-17(19(27)24(2)15(9-26)20(28)29)25-8-4-7-16(18(25)23-11)30-10-12-13(21)5-3-6-14(12)22/h3-8,15,26H,9-10H2,1-2H3,(H,28,29)/t15-/m0/s1. The summed E-state index contributed by atoms with van der Waals surface area (Å²) in [4.78, 5) is 29.3. The van der Waals surface area contributed by atoms with E-state index in [0.29, 0.717) is 5.69 Å². The third kappa shape index (κ3) is 3.81. The van der Waals surface area contributed by atoms with Crippen molar-refractivity contribution in [3.63, 3.8) is 0 Å². The van der Waals surface area contributed by atoms with Crippen LogP contribution < -0.4 is 4.74 Å². The summed E-state index contributed by atoms with van der Waals surface area (Å²) in [5.41, 5.74) is 0.349. The maximum Gasteiger partial charge on any atom is 0.328 e. The van der Waals surface area contributed by atoms with E-state index in [-0.39, 0.29) is 22.7 Å². The van der Waals surface area contributed by atoms with E-state index in [0.717, 1.165) is 17.0 Å². The molecular formula is C20H19F2N3O5. The minimum atomic E-state index is -1.43. The van der Waals surface area contributed by atoms with Gasteiger partial charge in [-0.25, -0.2) is 18.6 Å². The summed E-state index contributed by atoms with van der Waals surface area (Å²) >= 11 is 0. The van der Waals surface area contributed by atoms with Crippen LogP contribution in [0.15, 0.2) is 36.5 Å². The van der Waals surface area contributed by atoms with Gasteiger partial charge >= 0.3 is 5.97 Å². The Labute approximate surface area is 169 Å². The van der Waals surface area contributed by atoms with Gasteiger partial charge in [0.05, 0.1) is 17.9 Å². The van der Waals surface area contributed by atoms with Crippen molar-refractivity contribution in [3.05, 3.63) is 65.1 Å². The van der Waals surface area contributed by atoms with Gasteiger partial charge in [-0.1, -0.05) is 6.07 Å². The quantitative estimate of drug-likeness (QED) is 0.607. The second-order valence-electron chi connectivity index (χ2n) is 6.55. The van der Waals surface area contributed by atoms with Crippen LogP contribution in [0.4, 0.5) is 8.78 Å². The number of carboxylic acids is 1. The van der Waals surface area contributed by atoms with E-state index in [1.807, 2.05) is 0 Å². The van der Waals surface area contributed by atoms with Gasteiger partial charge in [0, 0.05) is 13.2 Å². The summed E-state index contributed by atoms with van der Waals surface area (Å²) in [6.45, 7) is 0.415. The molecule has 3 aromatic rings. The van der Waals surface area contributed by atoms with Crippen molar-refractivity contribution in [1.82, 2.24) is 14.3 Å². The number of benzene rings is 1. The van der Waals surface area contributed by atoms with Crippen molar-refractivity contribution in [1.29, 1.82) is 0 Å². The Morgan fingerprint density at radius 1 is 1.23 bits per heavy atom. The normalized spacial score (nSPS) is 12.0. The Balaban J connectivity index is 1.96. The van der Waals surface area contributed by atoms with Gasteiger partial charge in [0.1, 0.15) is 23.9 Å². The minimum absolute atomic E-state index is 0.0784. The highest BCUT2D eigenvalue weighted by Gasteiger charge is 2.30. The van der Waals surface area contributed by atoms with Crippen LogP contribution >= 0.6 is 0 Å². The lowest BCUT2D eigenvalue weighted by Gasteiger charge is -2.23. The van der Waals surface area contributed by atoms with Gasteiger partial charge in [-0.2, -0.15) is 0 Å². The number of halogens is 2. The number of amides is 1. The number of carboxylic acid groups (broad SMARTS) is 1. The first-order valence-electron chi connectivity index (χ1n) is 8.90. The molecule has 8 nitrogen and oxygen atoms in total. The molecule has 30 heavy (non-hydrogen) atoms. The summed E-state index contributed by atoms with van der Waals surface area (Å²) in [7, 11) is 1.26. The van der Waals surface area contributed by atoms with Gasteiger partial charge in [0.25, 0.3) is 5.91 Å². The number of rotatable bonds is 7. The van der Waals surface area contributed by atoms with Gasteiger partial charge in [-0.15, -0.1) is 0 Å². The van der Waals surface area contributed by atoms with E-state index in [1.165, 1.54) is 29.8 Å². The lowest BCUT2D eigenvalue weighted by Crippen LogP contribution is -2.45. The summed E-state index contributed by atoms with van der Waals surface area (Å²) < 4.78 is 34.7. The predicted molar refractivity (Wildman–Crippen MR) is 101 cm³/mol. The first kappa shape index (κ1) is 21.2. The smallest absolute Gasteiger partial charge is 0.328 e. The first-order valence-corrected chi connectivity index (χ1v) is 8.90. The van der Waals surface area contributed by atoms with E-state index in [1.54, 1.807) is 13.0 Å². The molecule has 2 aromatic heterocycles. The second-order valence-corrected chi connectivity index (χ2v) is 6.55. The molecular weight excluding hydrogens is 400 g/mol. The fourth-order valence-corrected chi connectivity index (χ4v) is 3.02. The van der Waals surface area contributed by atoms with E-state index >= 15 is 0 Å². The predicted octanol–water partition coefficient (Wildman–Crippen LogP) is 2.02. The Morgan fingerprint density at radius 2 is 1.90 bits per heavy atom. The number of aliphatic hydroxyl groups excluding tert-OH is 1. The van der Waals surface area contributed by atoms with E-state index in [4.69, 9.17) is 4.74 Å². The Morgan fingerprint density at radius 3 is 2.50 bits per heavy atom. The molecule has 2 N–H and O–H groups in total. The van der Waals surface area contributed by atoms with Crippen LogP contribution in [0, 0.1) is 18.6 Å². The van der Waals surface area contributed by atoms with Crippen LogP contribution in [-0.4, -0.2) is 56.1 Å². The number of hydrogen-bond donors (Lipinski definition) is 2.